The zero-order chi connectivity index (χ0) is 28.2. The smallest absolute Gasteiger partial charge is 0.306 e. The lowest BCUT2D eigenvalue weighted by atomic mass is 9.92. The molecule has 2 rings (SSSR count). The zero-order valence-corrected chi connectivity index (χ0v) is 23.7. The van der Waals surface area contributed by atoms with E-state index in [1.807, 2.05) is 60.7 Å². The van der Waals surface area contributed by atoms with E-state index in [-0.39, 0.29) is 24.5 Å². The highest BCUT2D eigenvalue weighted by atomic mass is 16.5. The van der Waals surface area contributed by atoms with E-state index in [0.717, 1.165) is 30.4 Å². The van der Waals surface area contributed by atoms with Crippen LogP contribution >= 0.6 is 0 Å². The summed E-state index contributed by atoms with van der Waals surface area (Å²) in [5.41, 5.74) is 10.4. The summed E-state index contributed by atoms with van der Waals surface area (Å²) in [5, 5.41) is 3.57. The Labute approximate surface area is 228 Å². The Morgan fingerprint density at radius 2 is 1.18 bits per heavy atom. The van der Waals surface area contributed by atoms with Gasteiger partial charge in [0.25, 0.3) is 0 Å². The highest BCUT2D eigenvalue weighted by Gasteiger charge is 2.16. The number of hydrogen-bond donors (Lipinski definition) is 0. The fourth-order valence-corrected chi connectivity index (χ4v) is 4.17. The molecule has 2 aromatic rings. The van der Waals surface area contributed by atoms with Crippen LogP contribution < -0.4 is 0 Å². The van der Waals surface area contributed by atoms with Gasteiger partial charge in [0.15, 0.2) is 0 Å². The fraction of sp³-hybridized carbons (Fsp3) is 0.548. The van der Waals surface area contributed by atoms with Crippen molar-refractivity contribution in [1.29, 1.82) is 0 Å². The van der Waals surface area contributed by atoms with Gasteiger partial charge >= 0.3 is 11.9 Å². The first-order chi connectivity index (χ1) is 18.2. The van der Waals surface area contributed by atoms with Gasteiger partial charge < -0.3 is 9.47 Å². The van der Waals surface area contributed by atoms with Crippen LogP contribution in [0.5, 0.6) is 0 Å². The topological polar surface area (TPSA) is 101 Å². The van der Waals surface area contributed by atoms with Crippen LogP contribution in [-0.2, 0) is 32.3 Å². The molecule has 0 aliphatic rings. The number of carbonyl (C=O) groups is 2. The molecule has 0 N–H and O–H groups in total. The third-order valence-electron chi connectivity index (χ3n) is 5.99. The lowest BCUT2D eigenvalue weighted by molar-refractivity contribution is -0.147. The van der Waals surface area contributed by atoms with Crippen LogP contribution in [0.3, 0.4) is 0 Å². The second kappa shape index (κ2) is 19.8. The average molecular weight is 524 g/mol. The number of carbonyl (C=O) groups excluding carboxylic acids is 2. The summed E-state index contributed by atoms with van der Waals surface area (Å²) in [6.45, 7) is 11.7. The summed E-state index contributed by atoms with van der Waals surface area (Å²) in [4.78, 5) is 26.3. The first-order valence-corrected chi connectivity index (χ1v) is 13.6. The monoisotopic (exact) mass is 523 g/mol. The average Bonchev–Trinajstić information content (AvgIpc) is 2.90. The standard InChI is InChI=1S/C16H24O2.C15H21N3O2/c1-4-14(10-13(2)3)11-16(17)18-12-15-8-6-5-7-9-15;1-12(2)8-14(10-17-18-16)9-15(19)20-11-13-6-4-3-5-7-13/h5-9,13-14H,4,10-12H2,1-3H3;3-7,12,14H,8-11H2,1-2H3/t2*14-/m00/s1. The van der Waals surface area contributed by atoms with E-state index < -0.39 is 0 Å². The van der Waals surface area contributed by atoms with Crippen LogP contribution in [0.25, 0.3) is 10.4 Å². The van der Waals surface area contributed by atoms with Gasteiger partial charge in [-0.3, -0.25) is 9.59 Å². The molecule has 0 bridgehead atoms. The van der Waals surface area contributed by atoms with Gasteiger partial charge in [0, 0.05) is 24.3 Å². The molecule has 7 nitrogen and oxygen atoms in total. The van der Waals surface area contributed by atoms with E-state index in [4.69, 9.17) is 15.0 Å². The van der Waals surface area contributed by atoms with Crippen molar-refractivity contribution >= 4 is 11.9 Å². The van der Waals surface area contributed by atoms with Crippen molar-refractivity contribution < 1.29 is 19.1 Å². The number of benzene rings is 2. The van der Waals surface area contributed by atoms with Gasteiger partial charge in [-0.05, 0) is 53.2 Å². The molecule has 0 saturated heterocycles. The van der Waals surface area contributed by atoms with E-state index in [2.05, 4.69) is 44.6 Å². The summed E-state index contributed by atoms with van der Waals surface area (Å²) in [6, 6.07) is 19.4. The Bertz CT molecular complexity index is 958. The number of azide groups is 1. The zero-order valence-electron chi connectivity index (χ0n) is 23.7. The number of rotatable bonds is 15. The molecule has 0 aliphatic carbocycles. The van der Waals surface area contributed by atoms with Crippen molar-refractivity contribution in [2.24, 2.45) is 28.8 Å². The Morgan fingerprint density at radius 1 is 0.763 bits per heavy atom. The fourth-order valence-electron chi connectivity index (χ4n) is 4.17. The van der Waals surface area contributed by atoms with Crippen molar-refractivity contribution in [2.45, 2.75) is 79.9 Å². The number of ether oxygens (including phenoxy) is 2. The summed E-state index contributed by atoms with van der Waals surface area (Å²) in [6.07, 6.45) is 3.82. The number of esters is 2. The van der Waals surface area contributed by atoms with E-state index in [0.29, 0.717) is 43.7 Å². The van der Waals surface area contributed by atoms with Gasteiger partial charge in [-0.1, -0.05) is 107 Å². The van der Waals surface area contributed by atoms with E-state index in [9.17, 15) is 9.59 Å². The van der Waals surface area contributed by atoms with Gasteiger partial charge in [0.05, 0.1) is 0 Å². The molecule has 0 radical (unpaired) electrons. The van der Waals surface area contributed by atoms with E-state index >= 15 is 0 Å². The van der Waals surface area contributed by atoms with Crippen molar-refractivity contribution in [2.75, 3.05) is 6.54 Å². The molecule has 0 fully saturated rings. The molecular formula is C31H45N3O4. The van der Waals surface area contributed by atoms with Crippen molar-refractivity contribution in [1.82, 2.24) is 0 Å². The summed E-state index contributed by atoms with van der Waals surface area (Å²) >= 11 is 0. The van der Waals surface area contributed by atoms with Crippen LogP contribution in [0.15, 0.2) is 65.8 Å². The van der Waals surface area contributed by atoms with Gasteiger partial charge in [-0.25, -0.2) is 0 Å². The lowest BCUT2D eigenvalue weighted by Gasteiger charge is -2.16. The molecule has 0 unspecified atom stereocenters. The number of nitrogens with zero attached hydrogens (tertiary/aromatic N) is 3. The molecule has 38 heavy (non-hydrogen) atoms. The second-order valence-electron chi connectivity index (χ2n) is 10.5. The molecule has 2 atom stereocenters. The first kappa shape index (κ1) is 32.7. The highest BCUT2D eigenvalue weighted by molar-refractivity contribution is 5.70. The SMILES string of the molecule is CC(C)C[C@H](CN=[N+]=[N-])CC(=O)OCc1ccccc1.CC[C@H](CC(=O)OCc1ccccc1)CC(C)C. The minimum atomic E-state index is -0.243. The highest BCUT2D eigenvalue weighted by Crippen LogP contribution is 2.20. The molecular weight excluding hydrogens is 478 g/mol. The van der Waals surface area contributed by atoms with Crippen LogP contribution in [-0.4, -0.2) is 18.5 Å². The van der Waals surface area contributed by atoms with Crippen molar-refractivity contribution in [3.63, 3.8) is 0 Å². The summed E-state index contributed by atoms with van der Waals surface area (Å²) in [5.74, 6) is 1.27. The molecule has 0 saturated carbocycles. The van der Waals surface area contributed by atoms with Crippen molar-refractivity contribution in [3.05, 3.63) is 82.2 Å². The van der Waals surface area contributed by atoms with E-state index in [1.165, 1.54) is 0 Å². The van der Waals surface area contributed by atoms with Crippen LogP contribution in [0, 0.1) is 23.7 Å². The Balaban J connectivity index is 0.000000382. The molecule has 7 heteroatoms. The van der Waals surface area contributed by atoms with E-state index in [1.54, 1.807) is 0 Å². The predicted octanol–water partition coefficient (Wildman–Crippen LogP) is 8.28. The minimum absolute atomic E-state index is 0.0502. The molecule has 0 amide bonds. The Kier molecular flexibility index (Phi) is 17.0. The molecule has 0 spiro atoms. The minimum Gasteiger partial charge on any atom is -0.461 e. The van der Waals surface area contributed by atoms with Crippen molar-refractivity contribution in [3.8, 4) is 0 Å². The largest absolute Gasteiger partial charge is 0.461 e. The quantitative estimate of drug-likeness (QED) is 0.101. The van der Waals surface area contributed by atoms with Gasteiger partial charge in [-0.15, -0.1) is 0 Å². The summed E-state index contributed by atoms with van der Waals surface area (Å²) in [7, 11) is 0. The van der Waals surface area contributed by atoms with Gasteiger partial charge in [-0.2, -0.15) is 0 Å². The second-order valence-corrected chi connectivity index (χ2v) is 10.5. The van der Waals surface area contributed by atoms with Gasteiger partial charge in [0.2, 0.25) is 0 Å². The van der Waals surface area contributed by atoms with Gasteiger partial charge in [0.1, 0.15) is 13.2 Å². The molecule has 0 heterocycles. The maximum Gasteiger partial charge on any atom is 0.306 e. The van der Waals surface area contributed by atoms with Crippen LogP contribution in [0.2, 0.25) is 0 Å². The first-order valence-electron chi connectivity index (χ1n) is 13.6. The molecule has 208 valence electrons. The maximum absolute atomic E-state index is 11.8. The summed E-state index contributed by atoms with van der Waals surface area (Å²) < 4.78 is 10.5. The number of hydrogen-bond acceptors (Lipinski definition) is 5. The predicted molar refractivity (Wildman–Crippen MR) is 152 cm³/mol. The normalized spacial score (nSPS) is 12.1. The third-order valence-corrected chi connectivity index (χ3v) is 5.99. The molecule has 0 aromatic heterocycles. The third kappa shape index (κ3) is 16.4. The molecule has 2 aromatic carbocycles. The maximum atomic E-state index is 11.8. The van der Waals surface area contributed by atoms with Crippen LogP contribution in [0.1, 0.15) is 77.8 Å². The lowest BCUT2D eigenvalue weighted by Crippen LogP contribution is -2.15. The Hall–Kier alpha value is -3.31. The molecule has 0 aliphatic heterocycles. The van der Waals surface area contributed by atoms with Crippen LogP contribution in [0.4, 0.5) is 0 Å². The Morgan fingerprint density at radius 3 is 1.58 bits per heavy atom.